The second-order valence-electron chi connectivity index (χ2n) is 13.0. The molecule has 2 saturated heterocycles. The monoisotopic (exact) mass is 573 g/mol. The maximum Gasteiger partial charge on any atom is 0.306 e. The van der Waals surface area contributed by atoms with Gasteiger partial charge in [0.05, 0.1) is 23.9 Å². The molecule has 0 bridgehead atoms. The molecule has 0 unspecified atom stereocenters. The van der Waals surface area contributed by atoms with Crippen LogP contribution in [0, 0.1) is 23.7 Å². The number of aliphatic hydroxyl groups excluding tert-OH is 2. The zero-order valence-corrected chi connectivity index (χ0v) is 26.4. The van der Waals surface area contributed by atoms with E-state index in [2.05, 4.69) is 0 Å². The van der Waals surface area contributed by atoms with Gasteiger partial charge in [-0.15, -0.1) is 0 Å². The van der Waals surface area contributed by atoms with Gasteiger partial charge in [0.25, 0.3) is 0 Å². The number of ether oxygens (including phenoxy) is 4. The fourth-order valence-electron chi connectivity index (χ4n) is 6.52. The Hall–Kier alpha value is -1.14. The number of hydrogen-bond donors (Lipinski definition) is 3. The summed E-state index contributed by atoms with van der Waals surface area (Å²) in [4.78, 5) is 28.6. The van der Waals surface area contributed by atoms with Gasteiger partial charge >= 0.3 is 5.97 Å². The highest BCUT2D eigenvalue weighted by molar-refractivity contribution is 5.83. The number of Topliss-reactive ketones (excluding diaryl/α,β-unsaturated/α-hetero) is 1. The summed E-state index contributed by atoms with van der Waals surface area (Å²) < 4.78 is 24.5. The lowest BCUT2D eigenvalue weighted by atomic mass is 9.73. The molecule has 234 valence electrons. The number of ketones is 1. The van der Waals surface area contributed by atoms with Crippen LogP contribution in [0.5, 0.6) is 0 Å². The molecule has 0 aliphatic carbocycles. The number of likely N-dealkylation sites (N-methyl/N-ethyl adjacent to an activating group) is 1. The number of carbonyl (C=O) groups excluding carboxylic acids is 2. The van der Waals surface area contributed by atoms with Crippen LogP contribution in [0.2, 0.25) is 0 Å². The number of rotatable bonds is 5. The first-order valence-corrected chi connectivity index (χ1v) is 14.7. The zero-order valence-electron chi connectivity index (χ0n) is 26.4. The fraction of sp³-hybridized carbons (Fsp3) is 0.933. The SMILES string of the molecule is CC[C@H]1OC(=O)C[C@@H](C)[C@H](C)[C@@H](O[C@@H]2O[C@H](C)C[C@H](N(C)C)[C@H]2O)[C@@](C)(OC)C[C@@H](C)C(=O)[C@H](C)[C@@H](O)[C@]1(C)O. The van der Waals surface area contributed by atoms with Crippen LogP contribution in [0.4, 0.5) is 0 Å². The van der Waals surface area contributed by atoms with Gasteiger partial charge in [0.15, 0.2) is 6.29 Å². The van der Waals surface area contributed by atoms with Crippen LogP contribution in [0.3, 0.4) is 0 Å². The highest BCUT2D eigenvalue weighted by atomic mass is 16.7. The normalized spacial score (nSPS) is 46.6. The third kappa shape index (κ3) is 7.62. The van der Waals surface area contributed by atoms with Crippen molar-refractivity contribution in [1.29, 1.82) is 0 Å². The average molecular weight is 574 g/mol. The summed E-state index contributed by atoms with van der Waals surface area (Å²) in [6.07, 6.45) is -3.92. The number of esters is 1. The van der Waals surface area contributed by atoms with Crippen molar-refractivity contribution in [2.75, 3.05) is 21.2 Å². The Bertz CT molecular complexity index is 851. The number of hydrogen-bond acceptors (Lipinski definition) is 10. The van der Waals surface area contributed by atoms with E-state index in [4.69, 9.17) is 18.9 Å². The highest BCUT2D eigenvalue weighted by Gasteiger charge is 2.50. The van der Waals surface area contributed by atoms with Crippen molar-refractivity contribution in [3.05, 3.63) is 0 Å². The molecular weight excluding hydrogens is 518 g/mol. The van der Waals surface area contributed by atoms with E-state index >= 15 is 0 Å². The maximum atomic E-state index is 13.6. The fourth-order valence-corrected chi connectivity index (χ4v) is 6.52. The lowest BCUT2D eigenvalue weighted by Gasteiger charge is -2.48. The summed E-state index contributed by atoms with van der Waals surface area (Å²) >= 11 is 0. The van der Waals surface area contributed by atoms with E-state index in [0.717, 1.165) is 0 Å². The molecule has 40 heavy (non-hydrogen) atoms. The number of carbonyl (C=O) groups is 2. The summed E-state index contributed by atoms with van der Waals surface area (Å²) in [7, 11) is 5.37. The van der Waals surface area contributed by atoms with E-state index in [1.165, 1.54) is 6.92 Å². The summed E-state index contributed by atoms with van der Waals surface area (Å²) in [6, 6.07) is -0.176. The first-order valence-electron chi connectivity index (χ1n) is 14.7. The Balaban J connectivity index is 2.54. The molecule has 2 aliphatic heterocycles. The van der Waals surface area contributed by atoms with Gasteiger partial charge in [0.2, 0.25) is 0 Å². The molecule has 0 amide bonds. The lowest BCUT2D eigenvalue weighted by molar-refractivity contribution is -0.299. The molecule has 2 fully saturated rings. The average Bonchev–Trinajstić information content (AvgIpc) is 2.88. The van der Waals surface area contributed by atoms with E-state index in [1.54, 1.807) is 27.9 Å². The second-order valence-corrected chi connectivity index (χ2v) is 13.0. The highest BCUT2D eigenvalue weighted by Crippen LogP contribution is 2.39. The molecule has 0 aromatic rings. The molecule has 0 aromatic carbocycles. The maximum absolute atomic E-state index is 13.6. The Morgan fingerprint density at radius 2 is 1.68 bits per heavy atom. The molecule has 0 radical (unpaired) electrons. The van der Waals surface area contributed by atoms with Crippen LogP contribution < -0.4 is 0 Å². The van der Waals surface area contributed by atoms with Gasteiger partial charge in [-0.25, -0.2) is 0 Å². The molecule has 13 atom stereocenters. The van der Waals surface area contributed by atoms with Crippen molar-refractivity contribution in [3.8, 4) is 0 Å². The molecule has 10 heteroatoms. The van der Waals surface area contributed by atoms with Crippen molar-refractivity contribution < 1.29 is 43.9 Å². The molecule has 2 heterocycles. The van der Waals surface area contributed by atoms with Crippen molar-refractivity contribution in [1.82, 2.24) is 4.90 Å². The van der Waals surface area contributed by atoms with E-state index in [9.17, 15) is 24.9 Å². The van der Waals surface area contributed by atoms with E-state index in [-0.39, 0.29) is 49.0 Å². The van der Waals surface area contributed by atoms with Crippen LogP contribution in [0.25, 0.3) is 0 Å². The van der Waals surface area contributed by atoms with Crippen molar-refractivity contribution in [2.45, 2.75) is 135 Å². The summed E-state index contributed by atoms with van der Waals surface area (Å²) in [5.41, 5.74) is -2.84. The van der Waals surface area contributed by atoms with Crippen LogP contribution in [0.15, 0.2) is 0 Å². The molecule has 2 aliphatic rings. The number of methoxy groups -OCH3 is 1. The van der Waals surface area contributed by atoms with Gasteiger partial charge in [-0.3, -0.25) is 9.59 Å². The van der Waals surface area contributed by atoms with Crippen molar-refractivity contribution >= 4 is 11.8 Å². The minimum atomic E-state index is -1.82. The largest absolute Gasteiger partial charge is 0.459 e. The van der Waals surface area contributed by atoms with Crippen molar-refractivity contribution in [3.63, 3.8) is 0 Å². The van der Waals surface area contributed by atoms with E-state index in [0.29, 0.717) is 6.42 Å². The quantitative estimate of drug-likeness (QED) is 0.421. The topological polar surface area (TPSA) is 135 Å². The van der Waals surface area contributed by atoms with Crippen LogP contribution in [0.1, 0.15) is 81.1 Å². The first-order chi connectivity index (χ1) is 18.4. The summed E-state index contributed by atoms with van der Waals surface area (Å²) in [6.45, 7) is 14.2. The second kappa shape index (κ2) is 13.9. The lowest BCUT2D eigenvalue weighted by Crippen LogP contribution is -2.59. The molecule has 10 nitrogen and oxygen atoms in total. The third-order valence-corrected chi connectivity index (χ3v) is 9.50. The van der Waals surface area contributed by atoms with Crippen LogP contribution >= 0.6 is 0 Å². The third-order valence-electron chi connectivity index (χ3n) is 9.50. The van der Waals surface area contributed by atoms with Gasteiger partial charge in [-0.05, 0) is 66.0 Å². The minimum absolute atomic E-state index is 0.0400. The minimum Gasteiger partial charge on any atom is -0.459 e. The molecule has 0 saturated carbocycles. The van der Waals surface area contributed by atoms with Crippen LogP contribution in [-0.4, -0.2) is 107 Å². The Labute approximate surface area is 240 Å². The standard InChI is InChI=1S/C30H55NO9/c1-12-22-30(8,36)26(35)20(6)24(33)17(3)15-29(7,37-11)27(19(5)16(2)13-23(32)39-22)40-28-25(34)21(31(9)10)14-18(4)38-28/h16-22,25-28,34-36H,12-15H2,1-11H3/t16-,17-,18-,19+,20+,21+,22-,25-,26-,27-,28+,29+,30-/m1/s1. The predicted molar refractivity (Wildman–Crippen MR) is 150 cm³/mol. The molecule has 0 aromatic heterocycles. The zero-order chi connectivity index (χ0) is 30.7. The number of cyclic esters (lactones) is 1. The number of aliphatic hydroxyl groups is 3. The predicted octanol–water partition coefficient (Wildman–Crippen LogP) is 2.54. The van der Waals surface area contributed by atoms with Gasteiger partial charge in [-0.2, -0.15) is 0 Å². The van der Waals surface area contributed by atoms with Gasteiger partial charge in [-0.1, -0.05) is 34.6 Å². The smallest absolute Gasteiger partial charge is 0.306 e. The Morgan fingerprint density at radius 3 is 2.20 bits per heavy atom. The van der Waals surface area contributed by atoms with E-state index in [1.807, 2.05) is 46.7 Å². The van der Waals surface area contributed by atoms with Gasteiger partial charge in [0, 0.05) is 31.4 Å². The van der Waals surface area contributed by atoms with Gasteiger partial charge in [0.1, 0.15) is 23.6 Å². The van der Waals surface area contributed by atoms with Crippen molar-refractivity contribution in [2.24, 2.45) is 23.7 Å². The van der Waals surface area contributed by atoms with Crippen LogP contribution in [-0.2, 0) is 28.5 Å². The van der Waals surface area contributed by atoms with Gasteiger partial charge < -0.3 is 39.2 Å². The molecule has 2 rings (SSSR count). The first kappa shape index (κ1) is 35.1. The summed E-state index contributed by atoms with van der Waals surface area (Å²) in [5, 5.41) is 33.5. The Morgan fingerprint density at radius 1 is 1.07 bits per heavy atom. The Kier molecular flexibility index (Phi) is 12.2. The molecule has 3 N–H and O–H groups in total. The summed E-state index contributed by atoms with van der Waals surface area (Å²) in [5.74, 6) is -2.79. The molecular formula is C30H55NO9. The van der Waals surface area contributed by atoms with E-state index < -0.39 is 59.7 Å². The number of nitrogens with zero attached hydrogens (tertiary/aromatic N) is 1. The molecule has 0 spiro atoms.